The van der Waals surface area contributed by atoms with Crippen LogP contribution in [-0.2, 0) is 12.8 Å². The number of hydrogen-bond donors (Lipinski definition) is 0. The lowest BCUT2D eigenvalue weighted by Crippen LogP contribution is -2.36. The Bertz CT molecular complexity index is 903. The second-order valence-electron chi connectivity index (χ2n) is 7.23. The first kappa shape index (κ1) is 19.6. The van der Waals surface area contributed by atoms with E-state index in [1.54, 1.807) is 14.2 Å². The number of hydrogen-bond acceptors (Lipinski definition) is 4. The van der Waals surface area contributed by atoms with Crippen LogP contribution in [0.3, 0.4) is 0 Å². The van der Waals surface area contributed by atoms with E-state index in [0.717, 1.165) is 44.4 Å². The third-order valence-electron chi connectivity index (χ3n) is 5.96. The number of benzene rings is 2. The van der Waals surface area contributed by atoms with Crippen molar-refractivity contribution in [1.29, 1.82) is 0 Å². The highest BCUT2D eigenvalue weighted by atomic mass is 79.9. The maximum absolute atomic E-state index is 13.2. The highest BCUT2D eigenvalue weighted by Crippen LogP contribution is 2.43. The molecule has 2 aromatic rings. The summed E-state index contributed by atoms with van der Waals surface area (Å²) in [7, 11) is 3.23. The van der Waals surface area contributed by atoms with Crippen LogP contribution in [0.5, 0.6) is 11.5 Å². The van der Waals surface area contributed by atoms with Crippen molar-refractivity contribution in [3.05, 3.63) is 55.5 Å². The Kier molecular flexibility index (Phi) is 5.36. The van der Waals surface area contributed by atoms with E-state index >= 15 is 0 Å². The average Bonchev–Trinajstić information content (AvgIpc) is 2.70. The Morgan fingerprint density at radius 1 is 0.750 bits per heavy atom. The molecule has 0 amide bonds. The lowest BCUT2D eigenvalue weighted by molar-refractivity contribution is 0.0726. The summed E-state index contributed by atoms with van der Waals surface area (Å²) in [4.78, 5) is 26.5. The smallest absolute Gasteiger partial charge is 0.167 e. The number of methoxy groups -OCH3 is 2. The quantitative estimate of drug-likeness (QED) is 0.556. The molecule has 0 saturated carbocycles. The lowest BCUT2D eigenvalue weighted by atomic mass is 9.69. The molecule has 0 fully saturated rings. The molecular formula is C22H20Br2O4. The molecule has 0 heterocycles. The Balaban J connectivity index is 1.66. The summed E-state index contributed by atoms with van der Waals surface area (Å²) < 4.78 is 12.4. The van der Waals surface area contributed by atoms with Crippen molar-refractivity contribution < 1.29 is 19.1 Å². The van der Waals surface area contributed by atoms with Crippen LogP contribution in [0.4, 0.5) is 0 Å². The van der Waals surface area contributed by atoms with Gasteiger partial charge in [0.25, 0.3) is 0 Å². The third-order valence-corrected chi connectivity index (χ3v) is 7.70. The van der Waals surface area contributed by atoms with Crippen LogP contribution in [0.15, 0.2) is 33.2 Å². The standard InChI is InChI=1S/C22H20Br2O4/c1-27-17-9-7-13-11(19(17)23)3-5-15(21(13)25)16-6-4-12-14(22(16)26)8-10-18(28-2)20(12)24/h7-10,15-16H,3-6H2,1-2H3. The molecule has 4 rings (SSSR count). The summed E-state index contributed by atoms with van der Waals surface area (Å²) >= 11 is 7.13. The van der Waals surface area contributed by atoms with Crippen molar-refractivity contribution in [1.82, 2.24) is 0 Å². The van der Waals surface area contributed by atoms with E-state index < -0.39 is 0 Å². The third kappa shape index (κ3) is 3.01. The van der Waals surface area contributed by atoms with E-state index in [4.69, 9.17) is 9.47 Å². The van der Waals surface area contributed by atoms with Crippen LogP contribution in [0.1, 0.15) is 44.7 Å². The minimum absolute atomic E-state index is 0.0685. The summed E-state index contributed by atoms with van der Waals surface area (Å²) in [5.41, 5.74) is 3.38. The normalized spacial score (nSPS) is 21.1. The topological polar surface area (TPSA) is 52.6 Å². The Labute approximate surface area is 180 Å². The monoisotopic (exact) mass is 506 g/mol. The largest absolute Gasteiger partial charge is 0.496 e. The number of ketones is 2. The fourth-order valence-electron chi connectivity index (χ4n) is 4.49. The Morgan fingerprint density at radius 2 is 1.14 bits per heavy atom. The van der Waals surface area contributed by atoms with Crippen LogP contribution in [0.2, 0.25) is 0 Å². The first-order valence-electron chi connectivity index (χ1n) is 9.27. The average molecular weight is 508 g/mol. The fourth-order valence-corrected chi connectivity index (χ4v) is 5.91. The molecule has 2 aliphatic carbocycles. The number of fused-ring (bicyclic) bond motifs is 2. The van der Waals surface area contributed by atoms with Crippen LogP contribution in [0, 0.1) is 11.8 Å². The van der Waals surface area contributed by atoms with Crippen LogP contribution >= 0.6 is 31.9 Å². The van der Waals surface area contributed by atoms with Crippen molar-refractivity contribution in [3.8, 4) is 11.5 Å². The maximum atomic E-state index is 13.2. The van der Waals surface area contributed by atoms with Gasteiger partial charge in [0.2, 0.25) is 0 Å². The fraction of sp³-hybridized carbons (Fsp3) is 0.364. The van der Waals surface area contributed by atoms with Gasteiger partial charge in [0, 0.05) is 23.0 Å². The van der Waals surface area contributed by atoms with E-state index in [1.807, 2.05) is 24.3 Å². The van der Waals surface area contributed by atoms with Gasteiger partial charge in [-0.25, -0.2) is 0 Å². The van der Waals surface area contributed by atoms with Crippen LogP contribution < -0.4 is 9.47 Å². The van der Waals surface area contributed by atoms with Gasteiger partial charge >= 0.3 is 0 Å². The van der Waals surface area contributed by atoms with Gasteiger partial charge in [-0.1, -0.05) is 0 Å². The zero-order valence-corrected chi connectivity index (χ0v) is 18.9. The predicted octanol–water partition coefficient (Wildman–Crippen LogP) is 5.42. The van der Waals surface area contributed by atoms with Crippen molar-refractivity contribution >= 4 is 43.4 Å². The van der Waals surface area contributed by atoms with E-state index in [2.05, 4.69) is 31.9 Å². The van der Waals surface area contributed by atoms with Crippen molar-refractivity contribution in [2.24, 2.45) is 11.8 Å². The first-order chi connectivity index (χ1) is 13.5. The minimum Gasteiger partial charge on any atom is -0.496 e. The number of rotatable bonds is 3. The van der Waals surface area contributed by atoms with E-state index in [0.29, 0.717) is 24.0 Å². The zero-order valence-electron chi connectivity index (χ0n) is 15.7. The second-order valence-corrected chi connectivity index (χ2v) is 8.82. The molecule has 0 radical (unpaired) electrons. The molecule has 0 bridgehead atoms. The number of carbonyl (C=O) groups is 2. The molecule has 146 valence electrons. The molecule has 0 N–H and O–H groups in total. The van der Waals surface area contributed by atoms with Gasteiger partial charge in [0.15, 0.2) is 11.6 Å². The molecule has 0 aromatic heterocycles. The van der Waals surface area contributed by atoms with E-state index in [9.17, 15) is 9.59 Å². The number of ether oxygens (including phenoxy) is 2. The van der Waals surface area contributed by atoms with Gasteiger partial charge in [-0.2, -0.15) is 0 Å². The molecule has 0 saturated heterocycles. The molecular weight excluding hydrogens is 488 g/mol. The highest BCUT2D eigenvalue weighted by Gasteiger charge is 2.41. The molecule has 2 aromatic carbocycles. The molecule has 6 heteroatoms. The van der Waals surface area contributed by atoms with Crippen molar-refractivity contribution in [2.75, 3.05) is 14.2 Å². The molecule has 28 heavy (non-hydrogen) atoms. The van der Waals surface area contributed by atoms with E-state index in [1.165, 1.54) is 0 Å². The first-order valence-corrected chi connectivity index (χ1v) is 10.9. The van der Waals surface area contributed by atoms with Gasteiger partial charge < -0.3 is 9.47 Å². The Morgan fingerprint density at radius 3 is 1.50 bits per heavy atom. The summed E-state index contributed by atoms with van der Waals surface area (Å²) in [6, 6.07) is 7.28. The van der Waals surface area contributed by atoms with Gasteiger partial charge in [-0.3, -0.25) is 9.59 Å². The van der Waals surface area contributed by atoms with E-state index in [-0.39, 0.29) is 23.4 Å². The molecule has 4 nitrogen and oxygen atoms in total. The Hall–Kier alpha value is -1.66. The molecule has 2 aliphatic rings. The summed E-state index contributed by atoms with van der Waals surface area (Å²) in [5.74, 6) is 1.06. The molecule has 0 aliphatic heterocycles. The number of Topliss-reactive ketones (excluding diaryl/α,β-unsaturated/α-hetero) is 2. The minimum atomic E-state index is -0.269. The SMILES string of the molecule is COc1ccc2c(c1Br)CCC(C1CCc3c(ccc(OC)c3Br)C1=O)C2=O. The number of halogens is 2. The maximum Gasteiger partial charge on any atom is 0.167 e. The van der Waals surface area contributed by atoms with Gasteiger partial charge in [-0.15, -0.1) is 0 Å². The highest BCUT2D eigenvalue weighted by molar-refractivity contribution is 9.11. The molecule has 2 atom stereocenters. The summed E-state index contributed by atoms with van der Waals surface area (Å²) in [6.45, 7) is 0. The predicted molar refractivity (Wildman–Crippen MR) is 114 cm³/mol. The lowest BCUT2D eigenvalue weighted by Gasteiger charge is -2.33. The second kappa shape index (κ2) is 7.64. The van der Waals surface area contributed by atoms with Gasteiger partial charge in [0.05, 0.1) is 23.2 Å². The molecule has 0 spiro atoms. The van der Waals surface area contributed by atoms with Crippen molar-refractivity contribution in [3.63, 3.8) is 0 Å². The summed E-state index contributed by atoms with van der Waals surface area (Å²) in [5, 5.41) is 0. The van der Waals surface area contributed by atoms with Gasteiger partial charge in [0.1, 0.15) is 11.5 Å². The van der Waals surface area contributed by atoms with Crippen LogP contribution in [-0.4, -0.2) is 25.8 Å². The molecule has 2 unspecified atom stereocenters. The van der Waals surface area contributed by atoms with Crippen LogP contribution in [0.25, 0.3) is 0 Å². The summed E-state index contributed by atoms with van der Waals surface area (Å²) in [6.07, 6.45) is 2.88. The van der Waals surface area contributed by atoms with Gasteiger partial charge in [-0.05, 0) is 92.9 Å². The van der Waals surface area contributed by atoms with Crippen molar-refractivity contribution in [2.45, 2.75) is 25.7 Å². The zero-order chi connectivity index (χ0) is 20.0. The number of carbonyl (C=O) groups excluding carboxylic acids is 2.